The highest BCUT2D eigenvalue weighted by molar-refractivity contribution is 5.90. The molecular weight excluding hydrogens is 534 g/mol. The van der Waals surface area contributed by atoms with Crippen LogP contribution < -0.4 is 20.3 Å². The number of benzene rings is 2. The van der Waals surface area contributed by atoms with E-state index in [1.807, 2.05) is 29.2 Å². The zero-order valence-electron chi connectivity index (χ0n) is 25.6. The highest BCUT2D eigenvalue weighted by atomic mass is 16.6. The molecule has 0 saturated carbocycles. The van der Waals surface area contributed by atoms with E-state index in [1.165, 1.54) is 16.8 Å². The van der Waals surface area contributed by atoms with Crippen molar-refractivity contribution in [3.05, 3.63) is 53.1 Å². The summed E-state index contributed by atoms with van der Waals surface area (Å²) in [6, 6.07) is 11.6. The molecule has 2 aromatic carbocycles. The molecule has 0 bridgehead atoms. The topological polar surface area (TPSA) is 103 Å². The second kappa shape index (κ2) is 13.9. The minimum absolute atomic E-state index is 0.0853. The molecule has 42 heavy (non-hydrogen) atoms. The summed E-state index contributed by atoms with van der Waals surface area (Å²) < 4.78 is 10.9. The maximum Gasteiger partial charge on any atom is 0.407 e. The molecule has 0 aromatic heterocycles. The van der Waals surface area contributed by atoms with E-state index in [2.05, 4.69) is 39.6 Å². The van der Waals surface area contributed by atoms with Crippen molar-refractivity contribution in [2.24, 2.45) is 0 Å². The van der Waals surface area contributed by atoms with E-state index in [-0.39, 0.29) is 18.2 Å². The second-order valence-electron chi connectivity index (χ2n) is 12.1. The number of nitrogens with zero attached hydrogens (tertiary/aromatic N) is 3. The van der Waals surface area contributed by atoms with Crippen molar-refractivity contribution in [1.29, 1.82) is 0 Å². The van der Waals surface area contributed by atoms with Crippen molar-refractivity contribution in [3.8, 4) is 5.75 Å². The number of anilines is 2. The molecule has 2 aliphatic rings. The number of carbonyl (C=O) groups is 3. The van der Waals surface area contributed by atoms with Crippen molar-refractivity contribution in [1.82, 2.24) is 15.1 Å². The molecule has 0 atom stereocenters. The zero-order valence-corrected chi connectivity index (χ0v) is 25.6. The van der Waals surface area contributed by atoms with E-state index < -0.39 is 11.7 Å². The van der Waals surface area contributed by atoms with Crippen LogP contribution in [0.1, 0.15) is 50.3 Å². The van der Waals surface area contributed by atoms with Crippen LogP contribution in [0.5, 0.6) is 5.75 Å². The lowest BCUT2D eigenvalue weighted by Gasteiger charge is -2.38. The summed E-state index contributed by atoms with van der Waals surface area (Å²) in [5.74, 6) is 0.845. The fourth-order valence-corrected chi connectivity index (χ4v) is 5.34. The Labute approximate surface area is 249 Å². The SMILES string of the molecule is COc1ccc(N2CCN(C)CC2)c2c1CCN(C(=O)Cc1ccc(NC(=O)CCCNC(=O)OC(C)(C)C)cc1)C2. The molecule has 4 rings (SSSR count). The third-order valence-corrected chi connectivity index (χ3v) is 7.60. The van der Waals surface area contributed by atoms with E-state index >= 15 is 0 Å². The third-order valence-electron chi connectivity index (χ3n) is 7.60. The predicted molar refractivity (Wildman–Crippen MR) is 164 cm³/mol. The number of carbonyl (C=O) groups excluding carboxylic acids is 3. The Bertz CT molecular complexity index is 1250. The molecule has 2 aromatic rings. The summed E-state index contributed by atoms with van der Waals surface area (Å²) in [6.07, 6.45) is 1.35. The maximum absolute atomic E-state index is 13.4. The fraction of sp³-hybridized carbons (Fsp3) is 0.531. The van der Waals surface area contributed by atoms with Crippen LogP contribution >= 0.6 is 0 Å². The number of amides is 3. The predicted octanol–water partition coefficient (Wildman–Crippen LogP) is 3.82. The summed E-state index contributed by atoms with van der Waals surface area (Å²) in [6.45, 7) is 11.0. The summed E-state index contributed by atoms with van der Waals surface area (Å²) in [5.41, 5.74) is 4.62. The van der Waals surface area contributed by atoms with Gasteiger partial charge in [-0.2, -0.15) is 0 Å². The molecule has 10 heteroatoms. The minimum Gasteiger partial charge on any atom is -0.496 e. The fourth-order valence-electron chi connectivity index (χ4n) is 5.34. The van der Waals surface area contributed by atoms with E-state index in [4.69, 9.17) is 9.47 Å². The summed E-state index contributed by atoms with van der Waals surface area (Å²) in [5, 5.41) is 5.53. The smallest absolute Gasteiger partial charge is 0.407 e. The molecule has 2 heterocycles. The van der Waals surface area contributed by atoms with Crippen LogP contribution in [0.15, 0.2) is 36.4 Å². The number of hydrogen-bond acceptors (Lipinski definition) is 7. The van der Waals surface area contributed by atoms with Crippen LogP contribution in [-0.4, -0.2) is 86.7 Å². The van der Waals surface area contributed by atoms with Gasteiger partial charge >= 0.3 is 6.09 Å². The lowest BCUT2D eigenvalue weighted by atomic mass is 9.95. The van der Waals surface area contributed by atoms with Crippen LogP contribution in [-0.2, 0) is 33.7 Å². The molecule has 0 unspecified atom stereocenters. The van der Waals surface area contributed by atoms with Crippen molar-refractivity contribution in [2.45, 2.75) is 58.6 Å². The first-order chi connectivity index (χ1) is 20.0. The van der Waals surface area contributed by atoms with Crippen LogP contribution in [0.4, 0.5) is 16.2 Å². The van der Waals surface area contributed by atoms with Gasteiger partial charge in [-0.1, -0.05) is 12.1 Å². The largest absolute Gasteiger partial charge is 0.496 e. The Morgan fingerprint density at radius 1 is 0.929 bits per heavy atom. The Balaban J connectivity index is 1.28. The Morgan fingerprint density at radius 3 is 2.31 bits per heavy atom. The van der Waals surface area contributed by atoms with Crippen LogP contribution in [0, 0.1) is 0 Å². The Kier molecular flexibility index (Phi) is 10.3. The molecule has 2 N–H and O–H groups in total. The molecule has 1 fully saturated rings. The monoisotopic (exact) mass is 579 g/mol. The van der Waals surface area contributed by atoms with Crippen LogP contribution in [0.25, 0.3) is 0 Å². The Morgan fingerprint density at radius 2 is 1.64 bits per heavy atom. The minimum atomic E-state index is -0.556. The molecule has 0 aliphatic carbocycles. The first kappa shape index (κ1) is 31.2. The molecule has 0 radical (unpaired) electrons. The maximum atomic E-state index is 13.4. The third kappa shape index (κ3) is 8.61. The number of ether oxygens (including phenoxy) is 2. The number of piperazine rings is 1. The van der Waals surface area contributed by atoms with Gasteiger partial charge in [0.15, 0.2) is 0 Å². The van der Waals surface area contributed by atoms with Crippen molar-refractivity contribution >= 4 is 29.3 Å². The van der Waals surface area contributed by atoms with Crippen LogP contribution in [0.3, 0.4) is 0 Å². The number of likely N-dealkylation sites (N-methyl/N-ethyl adjacent to an activating group) is 1. The van der Waals surface area contributed by atoms with Gasteiger partial charge in [0.1, 0.15) is 11.4 Å². The van der Waals surface area contributed by atoms with Crippen molar-refractivity contribution < 1.29 is 23.9 Å². The number of rotatable bonds is 9. The number of hydrogen-bond donors (Lipinski definition) is 2. The van der Waals surface area contributed by atoms with Gasteiger partial charge in [-0.25, -0.2) is 4.79 Å². The Hall–Kier alpha value is -3.79. The van der Waals surface area contributed by atoms with Gasteiger partial charge < -0.3 is 34.8 Å². The molecule has 228 valence electrons. The number of methoxy groups -OCH3 is 1. The average Bonchev–Trinajstić information content (AvgIpc) is 2.95. The number of nitrogens with one attached hydrogen (secondary N) is 2. The van der Waals surface area contributed by atoms with E-state index in [1.54, 1.807) is 27.9 Å². The van der Waals surface area contributed by atoms with Gasteiger partial charge in [0, 0.05) is 74.7 Å². The van der Waals surface area contributed by atoms with Crippen LogP contribution in [0.2, 0.25) is 0 Å². The second-order valence-corrected chi connectivity index (χ2v) is 12.1. The highest BCUT2D eigenvalue weighted by Gasteiger charge is 2.28. The first-order valence-electron chi connectivity index (χ1n) is 14.8. The summed E-state index contributed by atoms with van der Waals surface area (Å²) >= 11 is 0. The lowest BCUT2D eigenvalue weighted by molar-refractivity contribution is -0.131. The number of alkyl carbamates (subject to hydrolysis) is 1. The molecule has 0 spiro atoms. The van der Waals surface area contributed by atoms with Crippen molar-refractivity contribution in [3.63, 3.8) is 0 Å². The van der Waals surface area contributed by atoms with Crippen molar-refractivity contribution in [2.75, 3.05) is 63.6 Å². The summed E-state index contributed by atoms with van der Waals surface area (Å²) in [4.78, 5) is 44.1. The number of fused-ring (bicyclic) bond motifs is 1. The van der Waals surface area contributed by atoms with Gasteiger partial charge in [0.25, 0.3) is 0 Å². The quantitative estimate of drug-likeness (QED) is 0.436. The lowest BCUT2D eigenvalue weighted by Crippen LogP contribution is -2.45. The van der Waals surface area contributed by atoms with Gasteiger partial charge in [0.2, 0.25) is 11.8 Å². The standard InChI is InChI=1S/C32H45N5O5/c1-32(2,3)42-31(40)33-15-6-7-29(38)34-24-10-8-23(9-11-24)21-30(39)37-16-14-25-26(22-37)27(12-13-28(25)41-5)36-19-17-35(4)18-20-36/h8-13H,6-7,14-22H2,1-5H3,(H,33,40)(H,34,38). The molecular formula is C32H45N5O5. The molecule has 10 nitrogen and oxygen atoms in total. The normalized spacial score (nSPS) is 15.5. The zero-order chi connectivity index (χ0) is 30.3. The molecule has 1 saturated heterocycles. The van der Waals surface area contributed by atoms with E-state index in [0.29, 0.717) is 38.2 Å². The van der Waals surface area contributed by atoms with Gasteiger partial charge in [0.05, 0.1) is 13.5 Å². The highest BCUT2D eigenvalue weighted by Crippen LogP contribution is 2.36. The van der Waals surface area contributed by atoms with E-state index in [0.717, 1.165) is 43.9 Å². The van der Waals surface area contributed by atoms with Gasteiger partial charge in [-0.3, -0.25) is 9.59 Å². The summed E-state index contributed by atoms with van der Waals surface area (Å²) in [7, 11) is 3.86. The van der Waals surface area contributed by atoms with Gasteiger partial charge in [-0.05, 0) is 70.5 Å². The van der Waals surface area contributed by atoms with E-state index in [9.17, 15) is 14.4 Å². The molecule has 2 aliphatic heterocycles. The molecule has 3 amide bonds. The first-order valence-corrected chi connectivity index (χ1v) is 14.8. The van der Waals surface area contributed by atoms with Gasteiger partial charge in [-0.15, -0.1) is 0 Å². The average molecular weight is 580 g/mol.